The van der Waals surface area contributed by atoms with Gasteiger partial charge in [-0.3, -0.25) is 0 Å². The van der Waals surface area contributed by atoms with Crippen LogP contribution in [-0.2, 0) is 4.79 Å². The zero-order chi connectivity index (χ0) is 28.6. The van der Waals surface area contributed by atoms with Crippen LogP contribution in [-0.4, -0.2) is 26.3 Å². The van der Waals surface area contributed by atoms with Gasteiger partial charge in [-0.1, -0.05) is 51.5 Å². The molecule has 0 radical (unpaired) electrons. The molecule has 1 aliphatic heterocycles. The molecular weight excluding hydrogens is 508 g/mol. The molecule has 8 nitrogen and oxygen atoms in total. The van der Waals surface area contributed by atoms with Crippen molar-refractivity contribution in [1.82, 2.24) is 0 Å². The predicted molar refractivity (Wildman–Crippen MR) is 151 cm³/mol. The molecule has 1 atom stereocenters. The van der Waals surface area contributed by atoms with Gasteiger partial charge in [-0.2, -0.15) is 5.26 Å². The lowest BCUT2D eigenvalue weighted by atomic mass is 9.83. The number of hydrogen-bond acceptors (Lipinski definition) is 8. The van der Waals surface area contributed by atoms with Gasteiger partial charge >= 0.3 is 5.97 Å². The van der Waals surface area contributed by atoms with Crippen molar-refractivity contribution in [2.75, 3.05) is 20.3 Å². The molecule has 2 N–H and O–H groups in total. The summed E-state index contributed by atoms with van der Waals surface area (Å²) in [5.41, 5.74) is 9.10. The van der Waals surface area contributed by atoms with Gasteiger partial charge in [0.2, 0.25) is 5.88 Å². The summed E-state index contributed by atoms with van der Waals surface area (Å²) in [4.78, 5) is 12.5. The highest BCUT2D eigenvalue weighted by atomic mass is 16.6. The number of methoxy groups -OCH3 is 1. The Labute approximate surface area is 234 Å². The summed E-state index contributed by atoms with van der Waals surface area (Å²) in [6, 6.07) is 20.3. The first-order valence-electron chi connectivity index (χ1n) is 13.3. The first-order valence-corrected chi connectivity index (χ1v) is 13.3. The van der Waals surface area contributed by atoms with Gasteiger partial charge in [-0.25, -0.2) is 4.79 Å². The topological polar surface area (TPSA) is 113 Å². The average Bonchev–Trinajstić information content (AvgIpc) is 2.95. The summed E-state index contributed by atoms with van der Waals surface area (Å²) in [5, 5.41) is 9.90. The van der Waals surface area contributed by atoms with Crippen LogP contribution in [0.15, 0.2) is 72.1 Å². The van der Waals surface area contributed by atoms with Gasteiger partial charge in [0.05, 0.1) is 19.6 Å². The molecule has 3 aromatic rings. The number of ether oxygens (including phenoxy) is 5. The van der Waals surface area contributed by atoms with Crippen LogP contribution in [0.4, 0.5) is 0 Å². The SMILES string of the molecule is CCCCOc1ccc(C2C(C#N)=C(N)Oc3cc(OC(=O)COc4ccc(C(C)C)cc4)ccc32)cc1OC. The predicted octanol–water partition coefficient (Wildman–Crippen LogP) is 6.20. The van der Waals surface area contributed by atoms with Gasteiger partial charge in [0.25, 0.3) is 0 Å². The van der Waals surface area contributed by atoms with E-state index in [2.05, 4.69) is 26.8 Å². The third-order valence-corrected chi connectivity index (χ3v) is 6.60. The Kier molecular flexibility index (Phi) is 9.18. The molecular formula is C32H34N2O6. The second-order valence-electron chi connectivity index (χ2n) is 9.72. The Hall–Kier alpha value is -4.64. The van der Waals surface area contributed by atoms with Crippen molar-refractivity contribution in [3.8, 4) is 34.8 Å². The minimum Gasteiger partial charge on any atom is -0.493 e. The lowest BCUT2D eigenvalue weighted by molar-refractivity contribution is -0.136. The van der Waals surface area contributed by atoms with Crippen LogP contribution in [0.3, 0.4) is 0 Å². The Bertz CT molecular complexity index is 1420. The van der Waals surface area contributed by atoms with Crippen molar-refractivity contribution in [3.63, 3.8) is 0 Å². The fourth-order valence-corrected chi connectivity index (χ4v) is 4.40. The number of unbranched alkanes of at least 4 members (excludes halogenated alkanes) is 1. The summed E-state index contributed by atoms with van der Waals surface area (Å²) >= 11 is 0. The van der Waals surface area contributed by atoms with Crippen molar-refractivity contribution < 1.29 is 28.5 Å². The summed E-state index contributed by atoms with van der Waals surface area (Å²) in [7, 11) is 1.57. The fraction of sp³-hybridized carbons (Fsp3) is 0.312. The number of benzene rings is 3. The van der Waals surface area contributed by atoms with Crippen molar-refractivity contribution in [2.45, 2.75) is 45.4 Å². The molecule has 0 aliphatic carbocycles. The highest BCUT2D eigenvalue weighted by Crippen LogP contribution is 2.45. The molecule has 0 fully saturated rings. The Morgan fingerprint density at radius 1 is 1.02 bits per heavy atom. The zero-order valence-corrected chi connectivity index (χ0v) is 23.2. The van der Waals surface area contributed by atoms with Crippen LogP contribution >= 0.6 is 0 Å². The van der Waals surface area contributed by atoms with E-state index < -0.39 is 11.9 Å². The largest absolute Gasteiger partial charge is 0.493 e. The quantitative estimate of drug-likeness (QED) is 0.173. The Morgan fingerprint density at radius 2 is 1.77 bits per heavy atom. The maximum Gasteiger partial charge on any atom is 0.349 e. The van der Waals surface area contributed by atoms with Crippen molar-refractivity contribution in [1.29, 1.82) is 5.26 Å². The zero-order valence-electron chi connectivity index (χ0n) is 23.2. The summed E-state index contributed by atoms with van der Waals surface area (Å²) < 4.78 is 28.3. The number of esters is 1. The van der Waals surface area contributed by atoms with Crippen LogP contribution < -0.4 is 29.4 Å². The summed E-state index contributed by atoms with van der Waals surface area (Å²) in [6.07, 6.45) is 1.95. The van der Waals surface area contributed by atoms with Crippen LogP contribution in [0.2, 0.25) is 0 Å². The Balaban J connectivity index is 1.52. The molecule has 4 rings (SSSR count). The van der Waals surface area contributed by atoms with E-state index in [-0.39, 0.29) is 23.8 Å². The number of nitrogens with two attached hydrogens (primary N) is 1. The molecule has 0 spiro atoms. The number of nitrogens with zero attached hydrogens (tertiary/aromatic N) is 1. The number of hydrogen-bond donors (Lipinski definition) is 1. The van der Waals surface area contributed by atoms with E-state index in [1.165, 1.54) is 5.56 Å². The van der Waals surface area contributed by atoms with Gasteiger partial charge in [0, 0.05) is 11.6 Å². The molecule has 208 valence electrons. The minimum absolute atomic E-state index is 0.0149. The normalized spacial score (nSPS) is 14.2. The first-order chi connectivity index (χ1) is 19.3. The lowest BCUT2D eigenvalue weighted by Gasteiger charge is -2.27. The van der Waals surface area contributed by atoms with Crippen LogP contribution in [0, 0.1) is 11.3 Å². The molecule has 1 unspecified atom stereocenters. The van der Waals surface area contributed by atoms with Gasteiger partial charge < -0.3 is 29.4 Å². The maximum atomic E-state index is 12.5. The first kappa shape index (κ1) is 28.4. The number of allylic oxidation sites excluding steroid dienone is 1. The van der Waals surface area contributed by atoms with Crippen molar-refractivity contribution in [2.24, 2.45) is 5.73 Å². The number of fused-ring (bicyclic) bond motifs is 1. The van der Waals surface area contributed by atoms with Gasteiger partial charge in [0.15, 0.2) is 18.1 Å². The molecule has 1 heterocycles. The molecule has 1 aliphatic rings. The molecule has 0 aromatic heterocycles. The van der Waals surface area contributed by atoms with Crippen LogP contribution in [0.1, 0.15) is 62.1 Å². The number of nitriles is 1. The van der Waals surface area contributed by atoms with E-state index >= 15 is 0 Å². The van der Waals surface area contributed by atoms with E-state index in [0.717, 1.165) is 18.4 Å². The summed E-state index contributed by atoms with van der Waals surface area (Å²) in [5.74, 6) is 1.75. The second-order valence-corrected chi connectivity index (χ2v) is 9.72. The van der Waals surface area contributed by atoms with E-state index in [1.807, 2.05) is 42.5 Å². The fourth-order valence-electron chi connectivity index (χ4n) is 4.40. The highest BCUT2D eigenvalue weighted by Gasteiger charge is 2.31. The highest BCUT2D eigenvalue weighted by molar-refractivity contribution is 5.74. The van der Waals surface area contributed by atoms with E-state index in [1.54, 1.807) is 25.3 Å². The molecule has 8 heteroatoms. The third-order valence-electron chi connectivity index (χ3n) is 6.60. The van der Waals surface area contributed by atoms with E-state index in [4.69, 9.17) is 29.4 Å². The lowest BCUT2D eigenvalue weighted by Crippen LogP contribution is -2.22. The Morgan fingerprint density at radius 3 is 2.45 bits per heavy atom. The number of rotatable bonds is 11. The van der Waals surface area contributed by atoms with Crippen molar-refractivity contribution in [3.05, 3.63) is 88.8 Å². The molecule has 0 saturated heterocycles. The standard InChI is InChI=1S/C32H34N2O6/c1-5-6-15-37-27-14-9-22(16-29(27)36-4)31-25-13-12-24(17-28(25)40-32(34)26(31)18-33)39-30(35)19-38-23-10-7-21(8-11-23)20(2)3/h7-14,16-17,20,31H,5-6,15,19,34H2,1-4H3. The van der Waals surface area contributed by atoms with Gasteiger partial charge in [-0.15, -0.1) is 0 Å². The molecule has 0 saturated carbocycles. The van der Waals surface area contributed by atoms with Gasteiger partial charge in [0.1, 0.15) is 28.9 Å². The monoisotopic (exact) mass is 542 g/mol. The molecule has 0 amide bonds. The summed E-state index contributed by atoms with van der Waals surface area (Å²) in [6.45, 7) is 6.64. The van der Waals surface area contributed by atoms with Gasteiger partial charge in [-0.05, 0) is 53.8 Å². The molecule has 0 bridgehead atoms. The van der Waals surface area contributed by atoms with E-state index in [9.17, 15) is 10.1 Å². The third kappa shape index (κ3) is 6.49. The minimum atomic E-state index is -0.565. The molecule has 3 aromatic carbocycles. The van der Waals surface area contributed by atoms with Crippen molar-refractivity contribution >= 4 is 5.97 Å². The molecule has 40 heavy (non-hydrogen) atoms. The van der Waals surface area contributed by atoms with Crippen LogP contribution in [0.25, 0.3) is 0 Å². The van der Waals surface area contributed by atoms with Crippen LogP contribution in [0.5, 0.6) is 28.7 Å². The maximum absolute atomic E-state index is 12.5. The number of carbonyl (C=O) groups is 1. The average molecular weight is 543 g/mol. The second kappa shape index (κ2) is 12.9. The van der Waals surface area contributed by atoms with E-state index in [0.29, 0.717) is 41.1 Å². The number of carbonyl (C=O) groups excluding carboxylic acids is 1. The smallest absolute Gasteiger partial charge is 0.349 e.